The molecule has 2 atom stereocenters. The summed E-state index contributed by atoms with van der Waals surface area (Å²) in [4.78, 5) is 7.05. The van der Waals surface area contributed by atoms with E-state index in [0.29, 0.717) is 6.04 Å². The summed E-state index contributed by atoms with van der Waals surface area (Å²) in [6.45, 7) is 5.28. The first-order valence-electron chi connectivity index (χ1n) is 12.4. The number of ether oxygens (including phenoxy) is 1. The zero-order valence-electron chi connectivity index (χ0n) is 20.3. The smallest absolute Gasteiger partial charge is 0.170 e. The van der Waals surface area contributed by atoms with Crippen molar-refractivity contribution >= 4 is 17.3 Å². The predicted octanol–water partition coefficient (Wildman–Crippen LogP) is 6.19. The van der Waals surface area contributed by atoms with E-state index < -0.39 is 0 Å². The van der Waals surface area contributed by atoms with Gasteiger partial charge in [-0.1, -0.05) is 37.5 Å². The molecular weight excluding hydrogens is 440 g/mol. The first kappa shape index (κ1) is 22.9. The summed E-state index contributed by atoms with van der Waals surface area (Å²) in [5, 5.41) is 4.38. The van der Waals surface area contributed by atoms with E-state index in [1.807, 2.05) is 24.4 Å². The lowest BCUT2D eigenvalue weighted by molar-refractivity contribution is 0.306. The van der Waals surface area contributed by atoms with Crippen molar-refractivity contribution in [2.75, 3.05) is 7.11 Å². The monoisotopic (exact) mass is 474 g/mol. The first-order chi connectivity index (χ1) is 16.6. The SMILES string of the molecule is COc1ccc(CN2C(=S)NC(c3ccccn3)C2c2cc(C)n(C3CCCCC3)c2C)cc1. The number of nitrogens with one attached hydrogen (secondary N) is 1. The number of aromatic nitrogens is 2. The molecule has 1 N–H and O–H groups in total. The molecule has 0 spiro atoms. The Morgan fingerprint density at radius 2 is 1.82 bits per heavy atom. The molecule has 6 heteroatoms. The van der Waals surface area contributed by atoms with Crippen molar-refractivity contribution in [3.05, 3.63) is 82.9 Å². The molecule has 3 aromatic rings. The second-order valence-corrected chi connectivity index (χ2v) is 9.98. The van der Waals surface area contributed by atoms with Gasteiger partial charge in [-0.2, -0.15) is 0 Å². The van der Waals surface area contributed by atoms with E-state index >= 15 is 0 Å². The summed E-state index contributed by atoms with van der Waals surface area (Å²) in [7, 11) is 1.70. The van der Waals surface area contributed by atoms with Gasteiger partial charge in [0.15, 0.2) is 5.11 Å². The minimum Gasteiger partial charge on any atom is -0.497 e. The minimum atomic E-state index is 0.00672. The van der Waals surface area contributed by atoms with Crippen molar-refractivity contribution < 1.29 is 4.74 Å². The van der Waals surface area contributed by atoms with Crippen LogP contribution in [0.4, 0.5) is 0 Å². The van der Waals surface area contributed by atoms with Crippen molar-refractivity contribution in [2.45, 2.75) is 70.6 Å². The minimum absolute atomic E-state index is 0.00672. The van der Waals surface area contributed by atoms with Gasteiger partial charge in [0.05, 0.1) is 24.9 Å². The number of methoxy groups -OCH3 is 1. The Morgan fingerprint density at radius 3 is 2.50 bits per heavy atom. The second-order valence-electron chi connectivity index (χ2n) is 9.59. The fourth-order valence-corrected chi connectivity index (χ4v) is 6.15. The standard InChI is InChI=1S/C28H34N4OS/c1-19-17-24(20(2)32(19)22-9-5-4-6-10-22)27-26(25-11-7-8-16-29-25)30-28(34)31(27)18-21-12-14-23(33-3)15-13-21/h7-8,11-17,22,26-27H,4-6,9-10,18H2,1-3H3,(H,30,34). The molecule has 1 aromatic carbocycles. The molecule has 5 nitrogen and oxygen atoms in total. The third kappa shape index (κ3) is 4.31. The number of hydrogen-bond acceptors (Lipinski definition) is 3. The van der Waals surface area contributed by atoms with Gasteiger partial charge in [0.25, 0.3) is 0 Å². The molecule has 1 aliphatic carbocycles. The number of rotatable bonds is 6. The lowest BCUT2D eigenvalue weighted by Gasteiger charge is -2.30. The van der Waals surface area contributed by atoms with Crippen LogP contribution in [0.3, 0.4) is 0 Å². The Kier molecular flexibility index (Phi) is 6.59. The molecular formula is C28H34N4OS. The highest BCUT2D eigenvalue weighted by molar-refractivity contribution is 7.80. The molecule has 0 radical (unpaired) electrons. The summed E-state index contributed by atoms with van der Waals surface area (Å²) in [6.07, 6.45) is 8.43. The Hall–Kier alpha value is -2.86. The van der Waals surface area contributed by atoms with Gasteiger partial charge in [-0.25, -0.2) is 0 Å². The predicted molar refractivity (Wildman–Crippen MR) is 140 cm³/mol. The van der Waals surface area contributed by atoms with E-state index in [9.17, 15) is 0 Å². The van der Waals surface area contributed by atoms with Gasteiger partial charge < -0.3 is 19.5 Å². The lowest BCUT2D eigenvalue weighted by atomic mass is 9.94. The average molecular weight is 475 g/mol. The molecule has 1 aliphatic heterocycles. The van der Waals surface area contributed by atoms with Crippen LogP contribution in [0.1, 0.15) is 78.4 Å². The largest absolute Gasteiger partial charge is 0.497 e. The van der Waals surface area contributed by atoms with Gasteiger partial charge in [-0.15, -0.1) is 0 Å². The van der Waals surface area contributed by atoms with Crippen LogP contribution in [0.5, 0.6) is 5.75 Å². The number of benzene rings is 1. The summed E-state index contributed by atoms with van der Waals surface area (Å²) in [5.41, 5.74) is 6.29. The van der Waals surface area contributed by atoms with Crippen molar-refractivity contribution in [1.82, 2.24) is 19.8 Å². The summed E-state index contributed by atoms with van der Waals surface area (Å²) < 4.78 is 7.95. The molecule has 2 aromatic heterocycles. The van der Waals surface area contributed by atoms with Crippen LogP contribution < -0.4 is 10.1 Å². The molecule has 178 valence electrons. The summed E-state index contributed by atoms with van der Waals surface area (Å²) in [5.74, 6) is 0.866. The molecule has 5 rings (SSSR count). The first-order valence-corrected chi connectivity index (χ1v) is 12.8. The Labute approximate surface area is 208 Å². The van der Waals surface area contributed by atoms with Gasteiger partial charge in [-0.3, -0.25) is 4.98 Å². The number of thiocarbonyl (C=S) groups is 1. The van der Waals surface area contributed by atoms with Crippen LogP contribution in [-0.2, 0) is 6.54 Å². The molecule has 1 saturated carbocycles. The number of hydrogen-bond donors (Lipinski definition) is 1. The van der Waals surface area contributed by atoms with Crippen molar-refractivity contribution in [3.63, 3.8) is 0 Å². The molecule has 2 unspecified atom stereocenters. The van der Waals surface area contributed by atoms with Crippen LogP contribution in [0.2, 0.25) is 0 Å². The zero-order chi connectivity index (χ0) is 23.7. The lowest BCUT2D eigenvalue weighted by Crippen LogP contribution is -2.29. The van der Waals surface area contributed by atoms with Crippen molar-refractivity contribution in [1.29, 1.82) is 0 Å². The molecule has 1 saturated heterocycles. The van der Waals surface area contributed by atoms with Crippen LogP contribution in [0.25, 0.3) is 0 Å². The number of pyridine rings is 1. The molecule has 0 bridgehead atoms. The van der Waals surface area contributed by atoms with E-state index in [1.54, 1.807) is 7.11 Å². The average Bonchev–Trinajstić information content (AvgIpc) is 3.35. The Bertz CT molecular complexity index is 1140. The van der Waals surface area contributed by atoms with Crippen molar-refractivity contribution in [3.8, 4) is 5.75 Å². The van der Waals surface area contributed by atoms with Gasteiger partial charge >= 0.3 is 0 Å². The normalized spacial score (nSPS) is 21.0. The van der Waals surface area contributed by atoms with Crippen LogP contribution in [0.15, 0.2) is 54.7 Å². The molecule has 2 fully saturated rings. The fraction of sp³-hybridized carbons (Fsp3) is 0.429. The highest BCUT2D eigenvalue weighted by Gasteiger charge is 2.41. The Balaban J connectivity index is 1.54. The summed E-state index contributed by atoms with van der Waals surface area (Å²) in [6, 6.07) is 17.5. The molecule has 3 heterocycles. The van der Waals surface area contributed by atoms with E-state index in [4.69, 9.17) is 21.9 Å². The molecule has 34 heavy (non-hydrogen) atoms. The highest BCUT2D eigenvalue weighted by Crippen LogP contribution is 2.43. The highest BCUT2D eigenvalue weighted by atomic mass is 32.1. The van der Waals surface area contributed by atoms with E-state index in [0.717, 1.165) is 23.1 Å². The maximum atomic E-state index is 5.91. The third-order valence-corrected chi connectivity index (χ3v) is 7.84. The van der Waals surface area contributed by atoms with Gasteiger partial charge in [0.1, 0.15) is 5.75 Å². The zero-order valence-corrected chi connectivity index (χ0v) is 21.1. The fourth-order valence-electron chi connectivity index (χ4n) is 5.85. The second kappa shape index (κ2) is 9.79. The molecule has 0 amide bonds. The Morgan fingerprint density at radius 1 is 1.06 bits per heavy atom. The number of aryl methyl sites for hydroxylation is 1. The van der Waals surface area contributed by atoms with Crippen LogP contribution >= 0.6 is 12.2 Å². The summed E-state index contributed by atoms with van der Waals surface area (Å²) >= 11 is 5.91. The van der Waals surface area contributed by atoms with E-state index in [-0.39, 0.29) is 12.1 Å². The maximum Gasteiger partial charge on any atom is 0.170 e. The van der Waals surface area contributed by atoms with Gasteiger partial charge in [0, 0.05) is 30.2 Å². The van der Waals surface area contributed by atoms with Crippen molar-refractivity contribution in [2.24, 2.45) is 0 Å². The third-order valence-electron chi connectivity index (χ3n) is 7.49. The van der Waals surface area contributed by atoms with Gasteiger partial charge in [0.2, 0.25) is 0 Å². The van der Waals surface area contributed by atoms with Crippen LogP contribution in [0, 0.1) is 13.8 Å². The molecule has 2 aliphatic rings. The van der Waals surface area contributed by atoms with Gasteiger partial charge in [-0.05, 0) is 80.4 Å². The van der Waals surface area contributed by atoms with Crippen LogP contribution in [-0.4, -0.2) is 26.7 Å². The number of nitrogens with zero attached hydrogens (tertiary/aromatic N) is 3. The van der Waals surface area contributed by atoms with E-state index in [1.165, 1.54) is 54.6 Å². The topological polar surface area (TPSA) is 42.3 Å². The maximum absolute atomic E-state index is 5.91. The quantitative estimate of drug-likeness (QED) is 0.432. The van der Waals surface area contributed by atoms with E-state index in [2.05, 4.69) is 59.0 Å².